The highest BCUT2D eigenvalue weighted by Crippen LogP contribution is 1.77. The van der Waals surface area contributed by atoms with Gasteiger partial charge in [-0.2, -0.15) is 0 Å². The summed E-state index contributed by atoms with van der Waals surface area (Å²) in [5.74, 6) is -0.820. The van der Waals surface area contributed by atoms with Crippen LogP contribution in [0.25, 0.3) is 0 Å². The van der Waals surface area contributed by atoms with Gasteiger partial charge in [-0.1, -0.05) is 0 Å². The molecule has 0 fully saturated rings. The molecule has 12 heteroatoms. The van der Waals surface area contributed by atoms with Gasteiger partial charge in [-0.25, -0.2) is 10.9 Å². The third-order valence-electron chi connectivity index (χ3n) is 3.16. The van der Waals surface area contributed by atoms with E-state index in [1.54, 1.807) is 0 Å². The number of amides is 2. The van der Waals surface area contributed by atoms with E-state index in [4.69, 9.17) is 10.2 Å². The predicted molar refractivity (Wildman–Crippen MR) is 103 cm³/mol. The SMILES string of the molecule is O=C(CC(=O)NNCCNCCNCCO)NNCCNCCNCCO. The Morgan fingerprint density at radius 2 is 0.852 bits per heavy atom. The van der Waals surface area contributed by atoms with Crippen molar-refractivity contribution in [3.05, 3.63) is 0 Å². The number of aliphatic hydroxyl groups is 2. The topological polar surface area (TPSA) is 171 Å². The molecule has 0 aliphatic heterocycles. The van der Waals surface area contributed by atoms with Gasteiger partial charge in [-0.05, 0) is 0 Å². The van der Waals surface area contributed by atoms with E-state index < -0.39 is 11.8 Å². The second kappa shape index (κ2) is 20.9. The van der Waals surface area contributed by atoms with Gasteiger partial charge in [-0.15, -0.1) is 0 Å². The average Bonchev–Trinajstić information content (AvgIpc) is 2.65. The monoisotopic (exact) mass is 392 g/mol. The van der Waals surface area contributed by atoms with E-state index in [1.807, 2.05) is 0 Å². The normalized spacial score (nSPS) is 10.7. The Morgan fingerprint density at radius 1 is 0.519 bits per heavy atom. The highest BCUT2D eigenvalue weighted by atomic mass is 16.3. The molecule has 27 heavy (non-hydrogen) atoms. The summed E-state index contributed by atoms with van der Waals surface area (Å²) in [6.45, 7) is 6.83. The molecule has 0 aromatic rings. The lowest BCUT2D eigenvalue weighted by molar-refractivity contribution is -0.130. The molecular weight excluding hydrogens is 356 g/mol. The van der Waals surface area contributed by atoms with E-state index in [9.17, 15) is 9.59 Å². The zero-order valence-electron chi connectivity index (χ0n) is 15.9. The summed E-state index contributed by atoms with van der Waals surface area (Å²) in [5, 5.41) is 29.6. The molecule has 0 unspecified atom stereocenters. The zero-order chi connectivity index (χ0) is 20.0. The fraction of sp³-hybridized carbons (Fsp3) is 0.867. The van der Waals surface area contributed by atoms with Crippen LogP contribution in [0.2, 0.25) is 0 Å². The lowest BCUT2D eigenvalue weighted by Crippen LogP contribution is -2.46. The van der Waals surface area contributed by atoms with Crippen LogP contribution in [-0.2, 0) is 9.59 Å². The maximum atomic E-state index is 11.6. The number of hydrogen-bond acceptors (Lipinski definition) is 10. The van der Waals surface area contributed by atoms with Crippen LogP contribution in [0.3, 0.4) is 0 Å². The molecule has 0 aromatic heterocycles. The molecule has 0 radical (unpaired) electrons. The summed E-state index contributed by atoms with van der Waals surface area (Å²) in [6.07, 6.45) is -0.267. The van der Waals surface area contributed by atoms with Crippen molar-refractivity contribution in [3.63, 3.8) is 0 Å². The van der Waals surface area contributed by atoms with E-state index >= 15 is 0 Å². The highest BCUT2D eigenvalue weighted by Gasteiger charge is 2.07. The van der Waals surface area contributed by atoms with Crippen LogP contribution in [0.1, 0.15) is 6.42 Å². The molecule has 0 saturated carbocycles. The van der Waals surface area contributed by atoms with Crippen LogP contribution in [0.5, 0.6) is 0 Å². The van der Waals surface area contributed by atoms with Crippen LogP contribution >= 0.6 is 0 Å². The molecule has 0 aliphatic carbocycles. The van der Waals surface area contributed by atoms with Crippen molar-refractivity contribution in [2.45, 2.75) is 6.42 Å². The summed E-state index contributed by atoms with van der Waals surface area (Å²) >= 11 is 0. The Kier molecular flexibility index (Phi) is 19.9. The molecule has 10 N–H and O–H groups in total. The van der Waals surface area contributed by atoms with Gasteiger partial charge in [0.05, 0.1) is 13.2 Å². The summed E-state index contributed by atoms with van der Waals surface area (Å²) in [4.78, 5) is 23.1. The first-order chi connectivity index (χ1) is 13.2. The molecular formula is C15H36N8O4. The van der Waals surface area contributed by atoms with Gasteiger partial charge in [0.15, 0.2) is 0 Å². The van der Waals surface area contributed by atoms with Crippen molar-refractivity contribution in [1.29, 1.82) is 0 Å². The number of hydrogen-bond donors (Lipinski definition) is 10. The second-order valence-corrected chi connectivity index (χ2v) is 5.57. The summed E-state index contributed by atoms with van der Waals surface area (Å²) in [6, 6.07) is 0. The van der Waals surface area contributed by atoms with Crippen molar-refractivity contribution in [3.8, 4) is 0 Å². The maximum Gasteiger partial charge on any atom is 0.243 e. The minimum absolute atomic E-state index is 0.122. The molecule has 0 spiro atoms. The quantitative estimate of drug-likeness (QED) is 0.0549. The van der Waals surface area contributed by atoms with Crippen molar-refractivity contribution in [2.24, 2.45) is 0 Å². The fourth-order valence-electron chi connectivity index (χ4n) is 1.87. The fourth-order valence-corrected chi connectivity index (χ4v) is 1.87. The number of carbonyl (C=O) groups excluding carboxylic acids is 2. The minimum atomic E-state index is -0.410. The van der Waals surface area contributed by atoms with Gasteiger partial charge in [0.25, 0.3) is 0 Å². The molecule has 160 valence electrons. The summed E-state index contributed by atoms with van der Waals surface area (Å²) in [5.41, 5.74) is 10.4. The van der Waals surface area contributed by atoms with Crippen LogP contribution in [0, 0.1) is 0 Å². The lowest BCUT2D eigenvalue weighted by Gasteiger charge is -2.10. The largest absolute Gasteiger partial charge is 0.395 e. The first kappa shape index (κ1) is 25.6. The van der Waals surface area contributed by atoms with E-state index in [2.05, 4.69) is 43.0 Å². The standard InChI is InChI=1S/C15H36N8O4/c24-11-9-18-3-1-16-5-7-20-22-14(26)13-15(27)23-21-8-6-17-2-4-19-10-12-25/h16-21,24-25H,1-13H2,(H,22,26)(H,23,27). The summed E-state index contributed by atoms with van der Waals surface area (Å²) < 4.78 is 0. The van der Waals surface area contributed by atoms with Crippen LogP contribution in [0.15, 0.2) is 0 Å². The van der Waals surface area contributed by atoms with Crippen molar-refractivity contribution in [1.82, 2.24) is 43.0 Å². The third kappa shape index (κ3) is 20.8. The Balaban J connectivity index is 3.33. The van der Waals surface area contributed by atoms with Crippen LogP contribution in [-0.4, -0.2) is 101 Å². The Hall–Kier alpha value is -1.38. The average molecular weight is 393 g/mol. The molecule has 2 amide bonds. The van der Waals surface area contributed by atoms with Gasteiger partial charge < -0.3 is 31.5 Å². The van der Waals surface area contributed by atoms with Gasteiger partial charge in [0.1, 0.15) is 6.42 Å². The predicted octanol–water partition coefficient (Wildman–Crippen LogP) is -5.04. The Bertz CT molecular complexity index is 331. The van der Waals surface area contributed by atoms with Crippen molar-refractivity contribution in [2.75, 3.05) is 78.7 Å². The van der Waals surface area contributed by atoms with Crippen LogP contribution < -0.4 is 43.0 Å². The third-order valence-corrected chi connectivity index (χ3v) is 3.16. The van der Waals surface area contributed by atoms with Crippen LogP contribution in [0.4, 0.5) is 0 Å². The second-order valence-electron chi connectivity index (χ2n) is 5.57. The number of aliphatic hydroxyl groups excluding tert-OH is 2. The number of carbonyl (C=O) groups is 2. The molecule has 0 bridgehead atoms. The highest BCUT2D eigenvalue weighted by molar-refractivity contribution is 5.96. The van der Waals surface area contributed by atoms with Gasteiger partial charge in [0, 0.05) is 65.4 Å². The van der Waals surface area contributed by atoms with E-state index in [-0.39, 0.29) is 19.6 Å². The molecule has 0 heterocycles. The van der Waals surface area contributed by atoms with Gasteiger partial charge in [0.2, 0.25) is 11.8 Å². The number of rotatable bonds is 20. The minimum Gasteiger partial charge on any atom is -0.395 e. The molecule has 12 nitrogen and oxygen atoms in total. The van der Waals surface area contributed by atoms with Gasteiger partial charge in [-0.3, -0.25) is 20.4 Å². The van der Waals surface area contributed by atoms with Crippen molar-refractivity contribution < 1.29 is 19.8 Å². The molecule has 0 aromatic carbocycles. The number of nitrogens with one attached hydrogen (secondary N) is 8. The zero-order valence-corrected chi connectivity index (χ0v) is 15.9. The Labute approximate surface area is 160 Å². The molecule has 0 atom stereocenters. The van der Waals surface area contributed by atoms with Gasteiger partial charge >= 0.3 is 0 Å². The molecule has 0 rings (SSSR count). The molecule has 0 saturated heterocycles. The van der Waals surface area contributed by atoms with E-state index in [0.29, 0.717) is 39.3 Å². The maximum absolute atomic E-state index is 11.6. The van der Waals surface area contributed by atoms with E-state index in [0.717, 1.165) is 26.2 Å². The first-order valence-corrected chi connectivity index (χ1v) is 9.28. The van der Waals surface area contributed by atoms with E-state index in [1.165, 1.54) is 0 Å². The Morgan fingerprint density at radius 3 is 1.22 bits per heavy atom. The first-order valence-electron chi connectivity index (χ1n) is 9.28. The molecule has 0 aliphatic rings. The summed E-state index contributed by atoms with van der Waals surface area (Å²) in [7, 11) is 0. The lowest BCUT2D eigenvalue weighted by atomic mass is 10.4. The van der Waals surface area contributed by atoms with Crippen molar-refractivity contribution >= 4 is 11.8 Å². The smallest absolute Gasteiger partial charge is 0.243 e. The number of hydrazine groups is 2.